The summed E-state index contributed by atoms with van der Waals surface area (Å²) in [5.41, 5.74) is 1.21. The molecule has 0 spiro atoms. The summed E-state index contributed by atoms with van der Waals surface area (Å²) in [6.45, 7) is 1.63. The molecule has 0 atom stereocenters. The van der Waals surface area contributed by atoms with Gasteiger partial charge in [-0.1, -0.05) is 6.07 Å². The Hall–Kier alpha value is -1.18. The number of rotatable bonds is 4. The maximum absolute atomic E-state index is 10.6. The van der Waals surface area contributed by atoms with Crippen LogP contribution in [0.2, 0.25) is 0 Å². The minimum absolute atomic E-state index is 0.263. The van der Waals surface area contributed by atoms with E-state index in [0.29, 0.717) is 6.42 Å². The molecule has 0 amide bonds. The monoisotopic (exact) mass is 163 g/mol. The fourth-order valence-corrected chi connectivity index (χ4v) is 1.09. The van der Waals surface area contributed by atoms with Crippen molar-refractivity contribution < 1.29 is 4.79 Å². The van der Waals surface area contributed by atoms with Crippen LogP contribution in [0.25, 0.3) is 0 Å². The first-order chi connectivity index (χ1) is 5.79. The van der Waals surface area contributed by atoms with E-state index >= 15 is 0 Å². The predicted octanol–water partition coefficient (Wildman–Crippen LogP) is 1.99. The van der Waals surface area contributed by atoms with Crippen molar-refractivity contribution >= 4 is 5.78 Å². The molecule has 0 fully saturated rings. The van der Waals surface area contributed by atoms with E-state index in [1.807, 2.05) is 18.3 Å². The van der Waals surface area contributed by atoms with Crippen molar-refractivity contribution in [2.75, 3.05) is 0 Å². The van der Waals surface area contributed by atoms with Crippen LogP contribution in [-0.2, 0) is 11.2 Å². The fourth-order valence-electron chi connectivity index (χ4n) is 1.09. The van der Waals surface area contributed by atoms with Crippen LogP contribution >= 0.6 is 0 Å². The Morgan fingerprint density at radius 2 is 2.42 bits per heavy atom. The molecule has 0 aliphatic heterocycles. The molecule has 1 heterocycles. The number of ketones is 1. The van der Waals surface area contributed by atoms with Crippen LogP contribution in [0.5, 0.6) is 0 Å². The number of aromatic nitrogens is 1. The number of hydrogen-bond donors (Lipinski definition) is 0. The first-order valence-electron chi connectivity index (χ1n) is 4.17. The van der Waals surface area contributed by atoms with Crippen molar-refractivity contribution in [1.29, 1.82) is 0 Å². The molecular formula is C10H13NO. The van der Waals surface area contributed by atoms with Gasteiger partial charge in [0.05, 0.1) is 0 Å². The zero-order chi connectivity index (χ0) is 8.81. The number of carbonyl (C=O) groups excluding carboxylic acids is 1. The van der Waals surface area contributed by atoms with Gasteiger partial charge in [-0.15, -0.1) is 0 Å². The van der Waals surface area contributed by atoms with Crippen LogP contribution in [0.4, 0.5) is 0 Å². The summed E-state index contributed by atoms with van der Waals surface area (Å²) in [6.07, 6.45) is 6.16. The molecule has 0 unspecified atom stereocenters. The standard InChI is InChI=1S/C10H13NO/c1-9(12)4-2-5-10-6-3-7-11-8-10/h3,6-8H,2,4-5H2,1H3. The molecule has 2 nitrogen and oxygen atoms in total. The lowest BCUT2D eigenvalue weighted by molar-refractivity contribution is -0.117. The lowest BCUT2D eigenvalue weighted by Crippen LogP contribution is -1.92. The van der Waals surface area contributed by atoms with Crippen LogP contribution in [-0.4, -0.2) is 10.8 Å². The van der Waals surface area contributed by atoms with Crippen molar-refractivity contribution in [3.63, 3.8) is 0 Å². The Kier molecular flexibility index (Phi) is 3.45. The van der Waals surface area contributed by atoms with Gasteiger partial charge in [0.25, 0.3) is 0 Å². The minimum atomic E-state index is 0.263. The van der Waals surface area contributed by atoms with Crippen LogP contribution in [0.1, 0.15) is 25.3 Å². The van der Waals surface area contributed by atoms with E-state index in [4.69, 9.17) is 0 Å². The Labute approximate surface area is 72.6 Å². The molecule has 12 heavy (non-hydrogen) atoms. The molecule has 0 aromatic carbocycles. The molecule has 0 radical (unpaired) electrons. The molecule has 64 valence electrons. The van der Waals surface area contributed by atoms with Crippen molar-refractivity contribution in [1.82, 2.24) is 4.98 Å². The van der Waals surface area contributed by atoms with E-state index in [1.165, 1.54) is 5.56 Å². The van der Waals surface area contributed by atoms with E-state index in [2.05, 4.69) is 4.98 Å². The quantitative estimate of drug-likeness (QED) is 0.679. The average Bonchev–Trinajstić information content (AvgIpc) is 2.05. The maximum Gasteiger partial charge on any atom is 0.129 e. The highest BCUT2D eigenvalue weighted by molar-refractivity contribution is 5.75. The van der Waals surface area contributed by atoms with Gasteiger partial charge in [0.1, 0.15) is 5.78 Å². The van der Waals surface area contributed by atoms with Crippen LogP contribution < -0.4 is 0 Å². The van der Waals surface area contributed by atoms with Gasteiger partial charge in [0.15, 0.2) is 0 Å². The van der Waals surface area contributed by atoms with Gasteiger partial charge in [-0.3, -0.25) is 4.98 Å². The number of hydrogen-bond acceptors (Lipinski definition) is 2. The van der Waals surface area contributed by atoms with Gasteiger partial charge in [-0.2, -0.15) is 0 Å². The summed E-state index contributed by atoms with van der Waals surface area (Å²) in [4.78, 5) is 14.6. The summed E-state index contributed by atoms with van der Waals surface area (Å²) in [6, 6.07) is 3.95. The van der Waals surface area contributed by atoms with Crippen LogP contribution in [0.15, 0.2) is 24.5 Å². The zero-order valence-corrected chi connectivity index (χ0v) is 7.29. The molecule has 0 aliphatic rings. The molecule has 2 heteroatoms. The van der Waals surface area contributed by atoms with E-state index in [0.717, 1.165) is 12.8 Å². The Bertz CT molecular complexity index is 243. The summed E-state index contributed by atoms with van der Waals surface area (Å²) < 4.78 is 0. The van der Waals surface area contributed by atoms with Gasteiger partial charge < -0.3 is 4.79 Å². The third-order valence-corrected chi connectivity index (χ3v) is 1.72. The Morgan fingerprint density at radius 1 is 1.58 bits per heavy atom. The number of Topliss-reactive ketones (excluding diaryl/α,β-unsaturated/α-hetero) is 1. The summed E-state index contributed by atoms with van der Waals surface area (Å²) in [7, 11) is 0. The Morgan fingerprint density at radius 3 is 3.00 bits per heavy atom. The van der Waals surface area contributed by atoms with E-state index in [1.54, 1.807) is 13.1 Å². The second kappa shape index (κ2) is 4.65. The third-order valence-electron chi connectivity index (χ3n) is 1.72. The Balaban J connectivity index is 2.29. The molecule has 0 bridgehead atoms. The van der Waals surface area contributed by atoms with E-state index < -0.39 is 0 Å². The SMILES string of the molecule is CC(=O)CCCc1cccnc1. The highest BCUT2D eigenvalue weighted by Crippen LogP contribution is 2.02. The number of aryl methyl sites for hydroxylation is 1. The van der Waals surface area contributed by atoms with Gasteiger partial charge in [0.2, 0.25) is 0 Å². The highest BCUT2D eigenvalue weighted by atomic mass is 16.1. The molecule has 0 saturated carbocycles. The van der Waals surface area contributed by atoms with Crippen molar-refractivity contribution in [2.45, 2.75) is 26.2 Å². The maximum atomic E-state index is 10.6. The lowest BCUT2D eigenvalue weighted by Gasteiger charge is -1.97. The lowest BCUT2D eigenvalue weighted by atomic mass is 10.1. The highest BCUT2D eigenvalue weighted by Gasteiger charge is 1.94. The number of nitrogens with zero attached hydrogens (tertiary/aromatic N) is 1. The zero-order valence-electron chi connectivity index (χ0n) is 7.29. The second-order valence-electron chi connectivity index (χ2n) is 2.92. The molecule has 1 aromatic rings. The largest absolute Gasteiger partial charge is 0.300 e. The van der Waals surface area contributed by atoms with Gasteiger partial charge >= 0.3 is 0 Å². The smallest absolute Gasteiger partial charge is 0.129 e. The van der Waals surface area contributed by atoms with Crippen molar-refractivity contribution in [3.8, 4) is 0 Å². The number of carbonyl (C=O) groups is 1. The molecule has 0 aliphatic carbocycles. The van der Waals surface area contributed by atoms with Crippen molar-refractivity contribution in [3.05, 3.63) is 30.1 Å². The normalized spacial score (nSPS) is 9.75. The fraction of sp³-hybridized carbons (Fsp3) is 0.400. The molecular weight excluding hydrogens is 150 g/mol. The summed E-state index contributed by atoms with van der Waals surface area (Å²) in [5.74, 6) is 0.263. The third kappa shape index (κ3) is 3.28. The van der Waals surface area contributed by atoms with Crippen LogP contribution in [0.3, 0.4) is 0 Å². The van der Waals surface area contributed by atoms with Gasteiger partial charge in [-0.05, 0) is 31.4 Å². The summed E-state index contributed by atoms with van der Waals surface area (Å²) in [5, 5.41) is 0. The molecule has 0 saturated heterocycles. The predicted molar refractivity (Wildman–Crippen MR) is 47.9 cm³/mol. The van der Waals surface area contributed by atoms with Crippen molar-refractivity contribution in [2.24, 2.45) is 0 Å². The van der Waals surface area contributed by atoms with E-state index in [9.17, 15) is 4.79 Å². The second-order valence-corrected chi connectivity index (χ2v) is 2.92. The van der Waals surface area contributed by atoms with Gasteiger partial charge in [0, 0.05) is 18.8 Å². The summed E-state index contributed by atoms with van der Waals surface area (Å²) >= 11 is 0. The van der Waals surface area contributed by atoms with Crippen LogP contribution in [0, 0.1) is 0 Å². The first kappa shape index (κ1) is 8.91. The van der Waals surface area contributed by atoms with E-state index in [-0.39, 0.29) is 5.78 Å². The molecule has 1 rings (SSSR count). The topological polar surface area (TPSA) is 30.0 Å². The first-order valence-corrected chi connectivity index (χ1v) is 4.17. The van der Waals surface area contributed by atoms with Gasteiger partial charge in [-0.25, -0.2) is 0 Å². The molecule has 1 aromatic heterocycles. The number of pyridine rings is 1. The minimum Gasteiger partial charge on any atom is -0.300 e. The average molecular weight is 163 g/mol. The molecule has 0 N–H and O–H groups in total.